The monoisotopic (exact) mass is 343 g/mol. The summed E-state index contributed by atoms with van der Waals surface area (Å²) in [5.74, 6) is 0.255. The van der Waals surface area contributed by atoms with Crippen LogP contribution in [-0.2, 0) is 14.8 Å². The van der Waals surface area contributed by atoms with E-state index in [9.17, 15) is 13.2 Å². The Morgan fingerprint density at radius 2 is 2.00 bits per heavy atom. The molecule has 7 nitrogen and oxygen atoms in total. The van der Waals surface area contributed by atoms with E-state index in [2.05, 4.69) is 10.5 Å². The van der Waals surface area contributed by atoms with Gasteiger partial charge in [0.2, 0.25) is 15.9 Å². The second-order valence-electron chi connectivity index (χ2n) is 4.59. The number of benzene rings is 1. The molecule has 0 saturated carbocycles. The first-order valence-electron chi connectivity index (χ1n) is 6.24. The molecule has 0 unspecified atom stereocenters. The summed E-state index contributed by atoms with van der Waals surface area (Å²) < 4.78 is 30.4. The molecule has 1 N–H and O–H groups in total. The van der Waals surface area contributed by atoms with E-state index in [0.29, 0.717) is 10.8 Å². The van der Waals surface area contributed by atoms with Crippen molar-refractivity contribution in [1.29, 1.82) is 0 Å². The Labute approximate surface area is 132 Å². The number of rotatable bonds is 5. The molecule has 22 heavy (non-hydrogen) atoms. The van der Waals surface area contributed by atoms with Crippen LogP contribution in [0.15, 0.2) is 39.8 Å². The van der Waals surface area contributed by atoms with Crippen LogP contribution in [0.2, 0.25) is 5.02 Å². The van der Waals surface area contributed by atoms with Crippen LogP contribution >= 0.6 is 11.6 Å². The fourth-order valence-electron chi connectivity index (χ4n) is 1.68. The molecule has 0 atom stereocenters. The van der Waals surface area contributed by atoms with Gasteiger partial charge in [-0.15, -0.1) is 0 Å². The van der Waals surface area contributed by atoms with Gasteiger partial charge in [0.25, 0.3) is 0 Å². The number of likely N-dealkylation sites (N-methyl/N-ethyl adjacent to an activating group) is 1. The van der Waals surface area contributed by atoms with Gasteiger partial charge in [-0.1, -0.05) is 16.8 Å². The van der Waals surface area contributed by atoms with E-state index >= 15 is 0 Å². The molecule has 2 rings (SSSR count). The van der Waals surface area contributed by atoms with Gasteiger partial charge in [-0.25, -0.2) is 8.42 Å². The summed E-state index contributed by atoms with van der Waals surface area (Å²) in [4.78, 5) is 11.9. The summed E-state index contributed by atoms with van der Waals surface area (Å²) in [6.07, 6.45) is 0. The second-order valence-corrected chi connectivity index (χ2v) is 7.07. The quantitative estimate of drug-likeness (QED) is 0.895. The predicted molar refractivity (Wildman–Crippen MR) is 81.1 cm³/mol. The lowest BCUT2D eigenvalue weighted by molar-refractivity contribution is -0.116. The third-order valence-electron chi connectivity index (χ3n) is 2.78. The molecule has 0 radical (unpaired) electrons. The summed E-state index contributed by atoms with van der Waals surface area (Å²) in [7, 11) is -2.45. The maximum Gasteiger partial charge on any atom is 0.243 e. The third kappa shape index (κ3) is 3.85. The lowest BCUT2D eigenvalue weighted by atomic mass is 10.4. The minimum Gasteiger partial charge on any atom is -0.360 e. The molecule has 2 aromatic rings. The van der Waals surface area contributed by atoms with Crippen molar-refractivity contribution < 1.29 is 17.7 Å². The Balaban J connectivity index is 2.05. The minimum atomic E-state index is -3.77. The highest BCUT2D eigenvalue weighted by Crippen LogP contribution is 2.17. The first-order chi connectivity index (χ1) is 10.3. The maximum atomic E-state index is 12.3. The van der Waals surface area contributed by atoms with Gasteiger partial charge in [0.15, 0.2) is 5.82 Å². The summed E-state index contributed by atoms with van der Waals surface area (Å²) in [6, 6.07) is 7.24. The maximum absolute atomic E-state index is 12.3. The highest BCUT2D eigenvalue weighted by Gasteiger charge is 2.23. The number of nitrogens with zero attached hydrogens (tertiary/aromatic N) is 2. The SMILES string of the molecule is Cc1cc(NC(=O)CN(C)S(=O)(=O)c2ccc(Cl)cc2)no1. The van der Waals surface area contributed by atoms with Crippen molar-refractivity contribution in [3.63, 3.8) is 0 Å². The molecule has 0 aliphatic carbocycles. The van der Waals surface area contributed by atoms with Crippen molar-refractivity contribution >= 4 is 33.3 Å². The van der Waals surface area contributed by atoms with Gasteiger partial charge in [-0.05, 0) is 31.2 Å². The first kappa shape index (κ1) is 16.5. The Kier molecular flexibility index (Phi) is 4.84. The van der Waals surface area contributed by atoms with Crippen molar-refractivity contribution in [2.75, 3.05) is 18.9 Å². The Morgan fingerprint density at radius 3 is 2.55 bits per heavy atom. The normalized spacial score (nSPS) is 11.6. The zero-order valence-electron chi connectivity index (χ0n) is 11.9. The van der Waals surface area contributed by atoms with Crippen LogP contribution in [0.4, 0.5) is 5.82 Å². The molecule has 1 aromatic carbocycles. The van der Waals surface area contributed by atoms with Gasteiger partial charge in [-0.3, -0.25) is 4.79 Å². The number of hydrogen-bond acceptors (Lipinski definition) is 5. The van der Waals surface area contributed by atoms with E-state index < -0.39 is 15.9 Å². The van der Waals surface area contributed by atoms with Crippen LogP contribution in [-0.4, -0.2) is 37.4 Å². The fourth-order valence-corrected chi connectivity index (χ4v) is 2.93. The highest BCUT2D eigenvalue weighted by atomic mass is 35.5. The number of aromatic nitrogens is 1. The van der Waals surface area contributed by atoms with Crippen molar-refractivity contribution in [3.8, 4) is 0 Å². The number of halogens is 1. The van der Waals surface area contributed by atoms with Crippen molar-refractivity contribution in [2.24, 2.45) is 0 Å². The molecule has 0 aliphatic rings. The number of anilines is 1. The van der Waals surface area contributed by atoms with Crippen molar-refractivity contribution in [1.82, 2.24) is 9.46 Å². The number of carbonyl (C=O) groups is 1. The molecule has 1 heterocycles. The Bertz CT molecular complexity index is 771. The number of nitrogens with one attached hydrogen (secondary N) is 1. The highest BCUT2D eigenvalue weighted by molar-refractivity contribution is 7.89. The molecule has 0 bridgehead atoms. The zero-order valence-corrected chi connectivity index (χ0v) is 13.5. The number of hydrogen-bond donors (Lipinski definition) is 1. The number of sulfonamides is 1. The Hall–Kier alpha value is -1.90. The molecule has 0 fully saturated rings. The lowest BCUT2D eigenvalue weighted by Crippen LogP contribution is -2.35. The van der Waals surface area contributed by atoms with Gasteiger partial charge < -0.3 is 9.84 Å². The molecule has 118 valence electrons. The molecular weight excluding hydrogens is 330 g/mol. The zero-order chi connectivity index (χ0) is 16.3. The number of aryl methyl sites for hydroxylation is 1. The predicted octanol–water partition coefficient (Wildman–Crippen LogP) is 1.90. The van der Waals surface area contributed by atoms with Crippen LogP contribution in [0.1, 0.15) is 5.76 Å². The largest absolute Gasteiger partial charge is 0.360 e. The third-order valence-corrected chi connectivity index (χ3v) is 4.85. The van der Waals surface area contributed by atoms with Gasteiger partial charge in [-0.2, -0.15) is 4.31 Å². The van der Waals surface area contributed by atoms with E-state index in [1.165, 1.54) is 37.4 Å². The molecule has 0 spiro atoms. The van der Waals surface area contributed by atoms with Crippen LogP contribution in [0, 0.1) is 6.92 Å². The molecule has 0 saturated heterocycles. The van der Waals surface area contributed by atoms with E-state index in [-0.39, 0.29) is 17.3 Å². The van der Waals surface area contributed by atoms with Crippen LogP contribution in [0.5, 0.6) is 0 Å². The van der Waals surface area contributed by atoms with Crippen molar-refractivity contribution in [3.05, 3.63) is 41.1 Å². The van der Waals surface area contributed by atoms with Gasteiger partial charge >= 0.3 is 0 Å². The second kappa shape index (κ2) is 6.47. The summed E-state index contributed by atoms with van der Waals surface area (Å²) in [6.45, 7) is 1.33. The Morgan fingerprint density at radius 1 is 1.36 bits per heavy atom. The smallest absolute Gasteiger partial charge is 0.243 e. The molecule has 1 aromatic heterocycles. The summed E-state index contributed by atoms with van der Waals surface area (Å²) in [5, 5.41) is 6.49. The molecule has 9 heteroatoms. The van der Waals surface area contributed by atoms with Crippen molar-refractivity contribution in [2.45, 2.75) is 11.8 Å². The molecule has 0 aliphatic heterocycles. The van der Waals surface area contributed by atoms with Crippen LogP contribution in [0.25, 0.3) is 0 Å². The molecular formula is C13H14ClN3O4S. The topological polar surface area (TPSA) is 92.5 Å². The van der Waals surface area contributed by atoms with E-state index in [1.807, 2.05) is 0 Å². The summed E-state index contributed by atoms with van der Waals surface area (Å²) >= 11 is 5.73. The average molecular weight is 344 g/mol. The van der Waals surface area contributed by atoms with Crippen LogP contribution < -0.4 is 5.32 Å². The van der Waals surface area contributed by atoms with E-state index in [0.717, 1.165) is 4.31 Å². The van der Waals surface area contributed by atoms with Gasteiger partial charge in [0.05, 0.1) is 11.4 Å². The van der Waals surface area contributed by atoms with Gasteiger partial charge in [0.1, 0.15) is 5.76 Å². The lowest BCUT2D eigenvalue weighted by Gasteiger charge is -2.16. The van der Waals surface area contributed by atoms with Gasteiger partial charge in [0, 0.05) is 18.1 Å². The number of amides is 1. The number of carbonyl (C=O) groups excluding carboxylic acids is 1. The summed E-state index contributed by atoms with van der Waals surface area (Å²) in [5.41, 5.74) is 0. The standard InChI is InChI=1S/C13H14ClN3O4S/c1-9-7-12(16-21-9)15-13(18)8-17(2)22(19,20)11-5-3-10(14)4-6-11/h3-7H,8H2,1-2H3,(H,15,16,18). The molecule has 1 amide bonds. The van der Waals surface area contributed by atoms with Crippen LogP contribution in [0.3, 0.4) is 0 Å². The minimum absolute atomic E-state index is 0.0597. The fraction of sp³-hybridized carbons (Fsp3) is 0.231. The van der Waals surface area contributed by atoms with E-state index in [1.54, 1.807) is 6.92 Å². The average Bonchev–Trinajstić information content (AvgIpc) is 2.84. The first-order valence-corrected chi connectivity index (χ1v) is 8.06. The van der Waals surface area contributed by atoms with E-state index in [4.69, 9.17) is 16.1 Å².